The predicted molar refractivity (Wildman–Crippen MR) is 99.0 cm³/mol. The molecule has 3 rings (SSSR count). The van der Waals surface area contributed by atoms with Gasteiger partial charge in [-0.1, -0.05) is 0 Å². The first kappa shape index (κ1) is 17.7. The van der Waals surface area contributed by atoms with E-state index in [0.717, 1.165) is 6.26 Å². The number of aromatic amines is 1. The van der Waals surface area contributed by atoms with Crippen molar-refractivity contribution in [2.24, 2.45) is 5.73 Å². The fourth-order valence-electron chi connectivity index (χ4n) is 2.56. The minimum Gasteiger partial charge on any atom is -0.493 e. The van der Waals surface area contributed by atoms with Crippen LogP contribution in [0.3, 0.4) is 0 Å². The molecule has 1 heterocycles. The van der Waals surface area contributed by atoms with Crippen LogP contribution in [0.15, 0.2) is 41.3 Å². The van der Waals surface area contributed by atoms with Gasteiger partial charge in [-0.3, -0.25) is 0 Å². The lowest BCUT2D eigenvalue weighted by molar-refractivity contribution is 0.259. The number of H-pyrrole nitrogens is 1. The summed E-state index contributed by atoms with van der Waals surface area (Å²) in [6, 6.07) is 9.14. The second kappa shape index (κ2) is 6.68. The summed E-state index contributed by atoms with van der Waals surface area (Å²) in [6.45, 7) is 2.20. The Hall–Kier alpha value is -3.07. The number of anilines is 1. The summed E-state index contributed by atoms with van der Waals surface area (Å²) in [4.78, 5) is 18.8. The molecule has 0 fully saturated rings. The number of carbonyl (C=O) groups excluding carboxylic acids is 1. The Labute approximate surface area is 150 Å². The number of hydrogen-bond acceptors (Lipinski definition) is 5. The molecule has 0 atom stereocenters. The lowest BCUT2D eigenvalue weighted by Gasteiger charge is -2.10. The van der Waals surface area contributed by atoms with Crippen molar-refractivity contribution in [3.63, 3.8) is 0 Å². The summed E-state index contributed by atoms with van der Waals surface area (Å²) >= 11 is 0. The van der Waals surface area contributed by atoms with Gasteiger partial charge in [-0.15, -0.1) is 0 Å². The first-order valence-electron chi connectivity index (χ1n) is 7.81. The number of nitrogens with zero attached hydrogens (tertiary/aromatic N) is 1. The van der Waals surface area contributed by atoms with E-state index in [0.29, 0.717) is 40.5 Å². The number of amides is 2. The maximum Gasteiger partial charge on any atom is 0.316 e. The summed E-state index contributed by atoms with van der Waals surface area (Å²) in [5.41, 5.74) is 7.68. The number of primary amides is 1. The molecule has 9 heteroatoms. The third kappa shape index (κ3) is 3.62. The van der Waals surface area contributed by atoms with Crippen LogP contribution in [0.2, 0.25) is 0 Å². The second-order valence-electron chi connectivity index (χ2n) is 5.67. The Morgan fingerprint density at radius 3 is 2.69 bits per heavy atom. The highest BCUT2D eigenvalue weighted by atomic mass is 32.2. The van der Waals surface area contributed by atoms with E-state index >= 15 is 0 Å². The van der Waals surface area contributed by atoms with Crippen molar-refractivity contribution in [2.45, 2.75) is 11.8 Å². The molecule has 0 radical (unpaired) electrons. The number of benzene rings is 2. The van der Waals surface area contributed by atoms with Gasteiger partial charge in [0.05, 0.1) is 28.1 Å². The molecule has 0 aliphatic rings. The standard InChI is InChI=1S/C17H18N4O4S/c1-3-25-15-9-11(26(2,23)24)5-6-12(15)16-20-13-7-4-10(19-17(18)22)8-14(13)21-16/h4-9H,3H2,1-2H3,(H,20,21)(H3,18,19,22). The molecule has 0 unspecified atom stereocenters. The Balaban J connectivity index is 2.08. The molecule has 3 aromatic rings. The molecule has 4 N–H and O–H groups in total. The second-order valence-corrected chi connectivity index (χ2v) is 7.69. The van der Waals surface area contributed by atoms with E-state index in [1.807, 2.05) is 6.92 Å². The smallest absolute Gasteiger partial charge is 0.316 e. The quantitative estimate of drug-likeness (QED) is 0.632. The molecule has 0 saturated carbocycles. The zero-order valence-electron chi connectivity index (χ0n) is 14.2. The van der Waals surface area contributed by atoms with Crippen molar-refractivity contribution in [2.75, 3.05) is 18.2 Å². The van der Waals surface area contributed by atoms with Crippen LogP contribution in [0, 0.1) is 0 Å². The number of sulfone groups is 1. The van der Waals surface area contributed by atoms with Gasteiger partial charge < -0.3 is 20.8 Å². The van der Waals surface area contributed by atoms with Gasteiger partial charge in [0.1, 0.15) is 11.6 Å². The first-order chi connectivity index (χ1) is 12.3. The van der Waals surface area contributed by atoms with E-state index in [1.54, 1.807) is 24.3 Å². The van der Waals surface area contributed by atoms with E-state index in [9.17, 15) is 13.2 Å². The molecular formula is C17H18N4O4S. The van der Waals surface area contributed by atoms with E-state index in [-0.39, 0.29) is 4.90 Å². The van der Waals surface area contributed by atoms with Crippen LogP contribution in [0.25, 0.3) is 22.4 Å². The van der Waals surface area contributed by atoms with Crippen molar-refractivity contribution >= 4 is 32.6 Å². The normalized spacial score (nSPS) is 11.5. The van der Waals surface area contributed by atoms with Crippen LogP contribution in [-0.4, -0.2) is 37.3 Å². The Kier molecular flexibility index (Phi) is 4.56. The molecule has 0 saturated heterocycles. The highest BCUT2D eigenvalue weighted by molar-refractivity contribution is 7.90. The average molecular weight is 374 g/mol. The van der Waals surface area contributed by atoms with Gasteiger partial charge in [0, 0.05) is 11.9 Å². The van der Waals surface area contributed by atoms with Gasteiger partial charge in [-0.05, 0) is 43.3 Å². The third-order valence-electron chi connectivity index (χ3n) is 3.69. The third-order valence-corrected chi connectivity index (χ3v) is 4.80. The van der Waals surface area contributed by atoms with E-state index < -0.39 is 15.9 Å². The molecule has 0 bridgehead atoms. The maximum atomic E-state index is 11.8. The highest BCUT2D eigenvalue weighted by Gasteiger charge is 2.16. The van der Waals surface area contributed by atoms with Crippen molar-refractivity contribution in [3.8, 4) is 17.1 Å². The number of rotatable bonds is 5. The van der Waals surface area contributed by atoms with Crippen LogP contribution in [0.4, 0.5) is 10.5 Å². The largest absolute Gasteiger partial charge is 0.493 e. The Morgan fingerprint density at radius 2 is 2.04 bits per heavy atom. The summed E-state index contributed by atoms with van der Waals surface area (Å²) in [5.74, 6) is 0.949. The SMILES string of the molecule is CCOc1cc(S(C)(=O)=O)ccc1-c1nc2ccc(NC(N)=O)cc2[nH]1. The fraction of sp³-hybridized carbons (Fsp3) is 0.176. The summed E-state index contributed by atoms with van der Waals surface area (Å²) < 4.78 is 29.2. The van der Waals surface area contributed by atoms with Gasteiger partial charge in [-0.2, -0.15) is 0 Å². The van der Waals surface area contributed by atoms with E-state index in [1.165, 1.54) is 12.1 Å². The van der Waals surface area contributed by atoms with Crippen LogP contribution < -0.4 is 15.8 Å². The molecule has 0 aliphatic carbocycles. The number of fused-ring (bicyclic) bond motifs is 1. The molecule has 1 aromatic heterocycles. The molecule has 0 spiro atoms. The average Bonchev–Trinajstić information content (AvgIpc) is 2.96. The molecule has 2 aromatic carbocycles. The number of nitrogens with two attached hydrogens (primary N) is 1. The van der Waals surface area contributed by atoms with Crippen molar-refractivity contribution in [1.82, 2.24) is 9.97 Å². The van der Waals surface area contributed by atoms with Gasteiger partial charge in [0.15, 0.2) is 9.84 Å². The summed E-state index contributed by atoms with van der Waals surface area (Å²) in [5, 5.41) is 2.50. The van der Waals surface area contributed by atoms with E-state index in [2.05, 4.69) is 15.3 Å². The molecule has 136 valence electrons. The minimum atomic E-state index is -3.35. The number of aromatic nitrogens is 2. The van der Waals surface area contributed by atoms with Crippen LogP contribution in [0.5, 0.6) is 5.75 Å². The van der Waals surface area contributed by atoms with Crippen LogP contribution >= 0.6 is 0 Å². The topological polar surface area (TPSA) is 127 Å². The van der Waals surface area contributed by atoms with Crippen LogP contribution in [0.1, 0.15) is 6.92 Å². The van der Waals surface area contributed by atoms with Gasteiger partial charge in [-0.25, -0.2) is 18.2 Å². The maximum absolute atomic E-state index is 11.8. The zero-order valence-corrected chi connectivity index (χ0v) is 15.1. The van der Waals surface area contributed by atoms with E-state index in [4.69, 9.17) is 10.5 Å². The molecule has 0 aliphatic heterocycles. The summed E-state index contributed by atoms with van der Waals surface area (Å²) in [6.07, 6.45) is 1.15. The first-order valence-corrected chi connectivity index (χ1v) is 9.70. The Bertz CT molecular complexity index is 1090. The number of hydrogen-bond donors (Lipinski definition) is 3. The Morgan fingerprint density at radius 1 is 1.27 bits per heavy atom. The lowest BCUT2D eigenvalue weighted by Crippen LogP contribution is -2.19. The van der Waals surface area contributed by atoms with Gasteiger partial charge in [0.25, 0.3) is 0 Å². The lowest BCUT2D eigenvalue weighted by atomic mass is 10.2. The minimum absolute atomic E-state index is 0.175. The predicted octanol–water partition coefficient (Wildman–Crippen LogP) is 2.52. The van der Waals surface area contributed by atoms with Gasteiger partial charge in [0.2, 0.25) is 0 Å². The van der Waals surface area contributed by atoms with Crippen LogP contribution in [-0.2, 0) is 9.84 Å². The molecule has 26 heavy (non-hydrogen) atoms. The summed E-state index contributed by atoms with van der Waals surface area (Å²) in [7, 11) is -3.35. The number of carbonyl (C=O) groups is 1. The van der Waals surface area contributed by atoms with Crippen molar-refractivity contribution in [1.29, 1.82) is 0 Å². The molecular weight excluding hydrogens is 356 g/mol. The van der Waals surface area contributed by atoms with Gasteiger partial charge >= 0.3 is 6.03 Å². The zero-order chi connectivity index (χ0) is 18.9. The number of ether oxygens (including phenoxy) is 1. The number of urea groups is 1. The highest BCUT2D eigenvalue weighted by Crippen LogP contribution is 2.32. The van der Waals surface area contributed by atoms with Crippen molar-refractivity contribution in [3.05, 3.63) is 36.4 Å². The fourth-order valence-corrected chi connectivity index (χ4v) is 3.20. The van der Waals surface area contributed by atoms with Crippen molar-refractivity contribution < 1.29 is 17.9 Å². The number of imidazole rings is 1. The molecule has 2 amide bonds. The molecule has 8 nitrogen and oxygen atoms in total. The number of nitrogens with one attached hydrogen (secondary N) is 2. The monoisotopic (exact) mass is 374 g/mol.